The highest BCUT2D eigenvalue weighted by molar-refractivity contribution is 5.86. The molecule has 1 unspecified atom stereocenters. The summed E-state index contributed by atoms with van der Waals surface area (Å²) in [7, 11) is 0. The summed E-state index contributed by atoms with van der Waals surface area (Å²) >= 11 is 0. The molecule has 198 valence electrons. The van der Waals surface area contributed by atoms with Gasteiger partial charge < -0.3 is 24.6 Å². The molecular formula is C25H33F3N4O4. The number of ether oxygens (including phenoxy) is 2. The summed E-state index contributed by atoms with van der Waals surface area (Å²) in [6.45, 7) is 7.88. The number of aromatic nitrogens is 1. The Balaban J connectivity index is 1.43. The van der Waals surface area contributed by atoms with E-state index in [1.54, 1.807) is 30.6 Å². The maximum Gasteiger partial charge on any atom is 0.416 e. The zero-order valence-corrected chi connectivity index (χ0v) is 20.8. The summed E-state index contributed by atoms with van der Waals surface area (Å²) in [5, 5.41) is 2.85. The first-order valence-corrected chi connectivity index (χ1v) is 12.2. The highest BCUT2D eigenvalue weighted by atomic mass is 19.4. The molecule has 1 aliphatic carbocycles. The van der Waals surface area contributed by atoms with Gasteiger partial charge in [-0.1, -0.05) is 12.2 Å². The number of halogens is 3. The monoisotopic (exact) mass is 510 g/mol. The van der Waals surface area contributed by atoms with Gasteiger partial charge in [0.05, 0.1) is 23.6 Å². The van der Waals surface area contributed by atoms with Crippen LogP contribution in [0.15, 0.2) is 30.5 Å². The van der Waals surface area contributed by atoms with E-state index in [1.807, 2.05) is 12.2 Å². The number of nitrogens with one attached hydrogen (secondary N) is 1. The van der Waals surface area contributed by atoms with E-state index < -0.39 is 28.8 Å². The topological polar surface area (TPSA) is 84.0 Å². The molecule has 0 aromatic carbocycles. The molecule has 11 heteroatoms. The van der Waals surface area contributed by atoms with Crippen LogP contribution in [0.2, 0.25) is 0 Å². The quantitative estimate of drug-likeness (QED) is 0.623. The van der Waals surface area contributed by atoms with Crippen LogP contribution in [0, 0.1) is 11.3 Å². The van der Waals surface area contributed by atoms with Crippen LogP contribution in [0.5, 0.6) is 0 Å². The van der Waals surface area contributed by atoms with Gasteiger partial charge in [-0.3, -0.25) is 4.79 Å². The van der Waals surface area contributed by atoms with E-state index in [1.165, 1.54) is 0 Å². The predicted octanol–water partition coefficient (Wildman–Crippen LogP) is 3.63. The first-order valence-electron chi connectivity index (χ1n) is 12.2. The molecule has 8 nitrogen and oxygen atoms in total. The number of alkyl halides is 3. The fourth-order valence-electron chi connectivity index (χ4n) is 5.12. The predicted molar refractivity (Wildman–Crippen MR) is 126 cm³/mol. The van der Waals surface area contributed by atoms with E-state index in [0.717, 1.165) is 24.8 Å². The Morgan fingerprint density at radius 2 is 1.92 bits per heavy atom. The SMILES string of the molecule is CC(C)(C)OC(=O)N[C@@H]1C=C[C@@](C(=O)N2CCN(c3cc(C(F)(F)F)ccn3)CC2)(C2CCOC2)C1. The van der Waals surface area contributed by atoms with Gasteiger partial charge in [0.2, 0.25) is 5.91 Å². The van der Waals surface area contributed by atoms with Crippen molar-refractivity contribution in [3.63, 3.8) is 0 Å². The Bertz CT molecular complexity index is 996. The molecule has 36 heavy (non-hydrogen) atoms. The van der Waals surface area contributed by atoms with E-state index in [-0.39, 0.29) is 23.7 Å². The van der Waals surface area contributed by atoms with Crippen molar-refractivity contribution in [2.45, 2.75) is 51.4 Å². The molecule has 0 bridgehead atoms. The molecule has 2 amide bonds. The van der Waals surface area contributed by atoms with Gasteiger partial charge >= 0.3 is 12.3 Å². The minimum absolute atomic E-state index is 0.0187. The summed E-state index contributed by atoms with van der Waals surface area (Å²) in [5.41, 5.74) is -2.19. The Morgan fingerprint density at radius 3 is 2.53 bits per heavy atom. The summed E-state index contributed by atoms with van der Waals surface area (Å²) in [6, 6.07) is 1.65. The average Bonchev–Trinajstić information content (AvgIpc) is 3.48. The molecule has 4 rings (SSSR count). The number of anilines is 1. The van der Waals surface area contributed by atoms with Crippen LogP contribution in [-0.2, 0) is 20.4 Å². The smallest absolute Gasteiger partial charge is 0.416 e. The normalized spacial score (nSPS) is 26.8. The molecule has 3 heterocycles. The molecule has 2 fully saturated rings. The van der Waals surface area contributed by atoms with Gasteiger partial charge in [-0.05, 0) is 45.7 Å². The zero-order chi connectivity index (χ0) is 26.1. The maximum atomic E-state index is 13.9. The first-order chi connectivity index (χ1) is 16.9. The van der Waals surface area contributed by atoms with Crippen LogP contribution in [0.4, 0.5) is 23.8 Å². The van der Waals surface area contributed by atoms with E-state index in [4.69, 9.17) is 9.47 Å². The summed E-state index contributed by atoms with van der Waals surface area (Å²) in [6.07, 6.45) is 1.08. The average molecular weight is 511 g/mol. The van der Waals surface area contributed by atoms with Crippen LogP contribution >= 0.6 is 0 Å². The van der Waals surface area contributed by atoms with Gasteiger partial charge in [0.1, 0.15) is 11.4 Å². The van der Waals surface area contributed by atoms with Gasteiger partial charge in [-0.15, -0.1) is 0 Å². The van der Waals surface area contributed by atoms with Crippen molar-refractivity contribution in [3.05, 3.63) is 36.0 Å². The summed E-state index contributed by atoms with van der Waals surface area (Å²) < 4.78 is 50.3. The van der Waals surface area contributed by atoms with Gasteiger partial charge in [0.25, 0.3) is 0 Å². The van der Waals surface area contributed by atoms with Crippen LogP contribution in [-0.4, -0.2) is 72.9 Å². The number of rotatable bonds is 4. The number of piperazine rings is 1. The number of carbonyl (C=O) groups excluding carboxylic acids is 2. The molecular weight excluding hydrogens is 477 g/mol. The van der Waals surface area contributed by atoms with Crippen molar-refractivity contribution < 1.29 is 32.2 Å². The van der Waals surface area contributed by atoms with E-state index in [2.05, 4.69) is 10.3 Å². The largest absolute Gasteiger partial charge is 0.444 e. The maximum absolute atomic E-state index is 13.9. The lowest BCUT2D eigenvalue weighted by Crippen LogP contribution is -2.55. The molecule has 3 aliphatic rings. The number of alkyl carbamates (subject to hydrolysis) is 1. The standard InChI is InChI=1S/C25H33F3N4O4/c1-23(2,3)36-22(34)30-19-4-7-24(15-19,18-6-13-35-16-18)21(33)32-11-9-31(10-12-32)20-14-17(5-8-29-20)25(26,27)28/h4-5,7-8,14,18-19H,6,9-13,15-16H2,1-3H3,(H,30,34)/t18?,19-,24+/m1/s1. The second-order valence-corrected chi connectivity index (χ2v) is 10.6. The van der Waals surface area contributed by atoms with Crippen LogP contribution in [0.3, 0.4) is 0 Å². The Hall–Kier alpha value is -2.82. The number of pyridine rings is 1. The minimum atomic E-state index is -4.44. The Morgan fingerprint density at radius 1 is 1.19 bits per heavy atom. The van der Waals surface area contributed by atoms with Crippen LogP contribution < -0.4 is 10.2 Å². The molecule has 2 saturated heterocycles. The van der Waals surface area contributed by atoms with Crippen molar-refractivity contribution in [3.8, 4) is 0 Å². The second kappa shape index (κ2) is 9.91. The van der Waals surface area contributed by atoms with Crippen molar-refractivity contribution >= 4 is 17.8 Å². The lowest BCUT2D eigenvalue weighted by atomic mass is 9.72. The number of amides is 2. The fraction of sp³-hybridized carbons (Fsp3) is 0.640. The van der Waals surface area contributed by atoms with Crippen LogP contribution in [0.25, 0.3) is 0 Å². The third-order valence-corrected chi connectivity index (χ3v) is 6.91. The van der Waals surface area contributed by atoms with Crippen molar-refractivity contribution in [1.82, 2.24) is 15.2 Å². The minimum Gasteiger partial charge on any atom is -0.444 e. The third kappa shape index (κ3) is 5.77. The number of carbonyl (C=O) groups is 2. The lowest BCUT2D eigenvalue weighted by molar-refractivity contribution is -0.143. The molecule has 2 aliphatic heterocycles. The molecule has 0 radical (unpaired) electrons. The van der Waals surface area contributed by atoms with Gasteiger partial charge in [0, 0.05) is 44.9 Å². The Kier molecular flexibility index (Phi) is 7.23. The molecule has 0 spiro atoms. The zero-order valence-electron chi connectivity index (χ0n) is 20.8. The van der Waals surface area contributed by atoms with Crippen molar-refractivity contribution in [2.24, 2.45) is 11.3 Å². The second-order valence-electron chi connectivity index (χ2n) is 10.6. The number of hydrogen-bond acceptors (Lipinski definition) is 6. The molecule has 3 atom stereocenters. The third-order valence-electron chi connectivity index (χ3n) is 6.91. The van der Waals surface area contributed by atoms with Gasteiger partial charge in [0.15, 0.2) is 0 Å². The lowest BCUT2D eigenvalue weighted by Gasteiger charge is -2.42. The molecule has 1 N–H and O–H groups in total. The molecule has 1 aromatic rings. The highest BCUT2D eigenvalue weighted by Gasteiger charge is 2.51. The van der Waals surface area contributed by atoms with E-state index in [9.17, 15) is 22.8 Å². The van der Waals surface area contributed by atoms with Gasteiger partial charge in [-0.25, -0.2) is 9.78 Å². The van der Waals surface area contributed by atoms with Crippen molar-refractivity contribution in [1.29, 1.82) is 0 Å². The summed E-state index contributed by atoms with van der Waals surface area (Å²) in [4.78, 5) is 33.8. The van der Waals surface area contributed by atoms with Crippen molar-refractivity contribution in [2.75, 3.05) is 44.3 Å². The van der Waals surface area contributed by atoms with E-state index >= 15 is 0 Å². The molecule has 1 aromatic heterocycles. The fourth-order valence-corrected chi connectivity index (χ4v) is 5.12. The van der Waals surface area contributed by atoms with Gasteiger partial charge in [-0.2, -0.15) is 13.2 Å². The van der Waals surface area contributed by atoms with E-state index in [0.29, 0.717) is 45.8 Å². The Labute approximate surface area is 208 Å². The number of nitrogens with zero attached hydrogens (tertiary/aromatic N) is 3. The molecule has 0 saturated carbocycles. The van der Waals surface area contributed by atoms with Crippen LogP contribution in [0.1, 0.15) is 39.2 Å². The number of hydrogen-bond donors (Lipinski definition) is 1. The summed E-state index contributed by atoms with van der Waals surface area (Å²) in [5.74, 6) is 0.187. The first kappa shape index (κ1) is 26.2. The highest BCUT2D eigenvalue weighted by Crippen LogP contribution is 2.45.